The lowest BCUT2D eigenvalue weighted by molar-refractivity contribution is 0.195. The highest BCUT2D eigenvalue weighted by molar-refractivity contribution is 5.95. The third kappa shape index (κ3) is 5.38. The number of aliphatic hydroxyl groups excluding tert-OH is 1. The molecule has 6 N–H and O–H groups in total. The van der Waals surface area contributed by atoms with Crippen LogP contribution in [0.5, 0.6) is 11.5 Å². The number of nitrogen functional groups attached to an aromatic ring is 1. The fraction of sp³-hybridized carbons (Fsp3) is 0.174. The Hall–Kier alpha value is -4.85. The predicted octanol–water partition coefficient (Wildman–Crippen LogP) is 1.49. The predicted molar refractivity (Wildman–Crippen MR) is 128 cm³/mol. The average Bonchev–Trinajstić information content (AvgIpc) is 3.28. The Kier molecular flexibility index (Phi) is 7.39. The number of aliphatic hydroxyl groups is 1. The molecule has 2 heterocycles. The van der Waals surface area contributed by atoms with Crippen molar-refractivity contribution in [1.29, 1.82) is 5.41 Å². The van der Waals surface area contributed by atoms with Gasteiger partial charge in [-0.2, -0.15) is 0 Å². The number of ether oxygens (including phenoxy) is 2. The summed E-state index contributed by atoms with van der Waals surface area (Å²) in [6, 6.07) is 6.80. The summed E-state index contributed by atoms with van der Waals surface area (Å²) < 4.78 is 41.7. The highest BCUT2D eigenvalue weighted by Gasteiger charge is 2.27. The Bertz CT molecular complexity index is 1480. The number of hydrogen-bond acceptors (Lipinski definition) is 9. The molecule has 0 bridgehead atoms. The molecule has 12 nitrogen and oxygen atoms in total. The van der Waals surface area contributed by atoms with E-state index in [-0.39, 0.29) is 53.3 Å². The summed E-state index contributed by atoms with van der Waals surface area (Å²) in [5.41, 5.74) is 4.67. The molecule has 0 fully saturated rings. The standard InChI is InChI=1S/C23H22F2N8O4/c1-36-13-10-15(18(25)17(11-13)37-8-7-34)19(30-12-3-4-14(20(26)27)16(24)9-12)21-31-23(35)33(32-21)22-28-5-2-6-29-22/h2-6,9-11,19,30,34H,7-8H2,1H3,(H3,26,27)(H,31,32,35)/t19-/m0/s1. The van der Waals surface area contributed by atoms with Crippen molar-refractivity contribution < 1.29 is 23.4 Å². The number of nitrogens with one attached hydrogen (secondary N) is 3. The molecule has 1 atom stereocenters. The quantitative estimate of drug-likeness (QED) is 0.156. The summed E-state index contributed by atoms with van der Waals surface area (Å²) in [6.07, 6.45) is 2.84. The van der Waals surface area contributed by atoms with E-state index in [4.69, 9.17) is 25.7 Å². The van der Waals surface area contributed by atoms with Crippen LogP contribution < -0.4 is 26.2 Å². The van der Waals surface area contributed by atoms with Crippen molar-refractivity contribution in [2.45, 2.75) is 6.04 Å². The summed E-state index contributed by atoms with van der Waals surface area (Å²) in [7, 11) is 1.37. The Balaban J connectivity index is 1.86. The number of nitrogens with zero attached hydrogens (tertiary/aromatic N) is 4. The first-order valence-corrected chi connectivity index (χ1v) is 10.8. The maximum absolute atomic E-state index is 15.7. The summed E-state index contributed by atoms with van der Waals surface area (Å²) in [5, 5.41) is 23.8. The van der Waals surface area contributed by atoms with E-state index < -0.39 is 29.2 Å². The van der Waals surface area contributed by atoms with Crippen molar-refractivity contribution in [1.82, 2.24) is 24.7 Å². The lowest BCUT2D eigenvalue weighted by atomic mass is 10.0. The van der Waals surface area contributed by atoms with E-state index in [0.717, 1.165) is 10.7 Å². The molecular formula is C23H22F2N8O4. The van der Waals surface area contributed by atoms with Crippen molar-refractivity contribution in [3.8, 4) is 17.4 Å². The lowest BCUT2D eigenvalue weighted by Crippen LogP contribution is -2.18. The topological polar surface area (TPSA) is 177 Å². The van der Waals surface area contributed by atoms with E-state index in [2.05, 4.69) is 25.4 Å². The molecular weight excluding hydrogens is 490 g/mol. The number of H-pyrrole nitrogens is 1. The first-order chi connectivity index (χ1) is 17.8. The first kappa shape index (κ1) is 25.2. The zero-order valence-corrected chi connectivity index (χ0v) is 19.4. The number of anilines is 1. The van der Waals surface area contributed by atoms with Crippen molar-refractivity contribution in [3.63, 3.8) is 0 Å². The van der Waals surface area contributed by atoms with E-state index >= 15 is 4.39 Å². The van der Waals surface area contributed by atoms with E-state index in [9.17, 15) is 9.18 Å². The minimum atomic E-state index is -1.20. The molecule has 0 saturated heterocycles. The average molecular weight is 512 g/mol. The molecule has 4 aromatic rings. The van der Waals surface area contributed by atoms with Gasteiger partial charge in [-0.1, -0.05) is 0 Å². The van der Waals surface area contributed by atoms with Crippen molar-refractivity contribution in [2.75, 3.05) is 25.6 Å². The van der Waals surface area contributed by atoms with Crippen LogP contribution in [0.25, 0.3) is 5.95 Å². The SMILES string of the molecule is COc1cc(OCCO)c(F)c([C@H](Nc2ccc(C(=N)N)c(F)c2)c2nn(-c3ncccn3)c(=O)[nH]2)c1. The number of benzene rings is 2. The maximum Gasteiger partial charge on any atom is 0.350 e. The molecule has 0 aliphatic rings. The van der Waals surface area contributed by atoms with Crippen LogP contribution >= 0.6 is 0 Å². The molecule has 37 heavy (non-hydrogen) atoms. The van der Waals surface area contributed by atoms with Crippen LogP contribution in [0.15, 0.2) is 53.6 Å². The molecule has 0 aliphatic heterocycles. The Morgan fingerprint density at radius 2 is 2.03 bits per heavy atom. The lowest BCUT2D eigenvalue weighted by Gasteiger charge is -2.21. The molecule has 4 rings (SSSR count). The minimum Gasteiger partial charge on any atom is -0.497 e. The maximum atomic E-state index is 15.7. The van der Waals surface area contributed by atoms with Crippen LogP contribution in [0.2, 0.25) is 0 Å². The van der Waals surface area contributed by atoms with E-state index in [1.807, 2.05) is 0 Å². The molecule has 0 amide bonds. The van der Waals surface area contributed by atoms with Gasteiger partial charge in [-0.25, -0.2) is 23.5 Å². The van der Waals surface area contributed by atoms with Crippen molar-refractivity contribution >= 4 is 11.5 Å². The summed E-state index contributed by atoms with van der Waals surface area (Å²) in [5.74, 6) is -2.18. The van der Waals surface area contributed by atoms with Gasteiger partial charge in [0.05, 0.1) is 19.3 Å². The van der Waals surface area contributed by atoms with Crippen LogP contribution in [0, 0.1) is 17.0 Å². The van der Waals surface area contributed by atoms with Gasteiger partial charge in [-0.05, 0) is 30.3 Å². The highest BCUT2D eigenvalue weighted by Crippen LogP contribution is 2.35. The van der Waals surface area contributed by atoms with Gasteiger partial charge in [0.15, 0.2) is 17.4 Å². The first-order valence-electron chi connectivity index (χ1n) is 10.8. The summed E-state index contributed by atoms with van der Waals surface area (Å²) in [6.45, 7) is -0.541. The summed E-state index contributed by atoms with van der Waals surface area (Å²) in [4.78, 5) is 23.2. The number of halogens is 2. The number of rotatable bonds is 10. The van der Waals surface area contributed by atoms with Crippen LogP contribution in [0.4, 0.5) is 14.5 Å². The number of amidine groups is 1. The van der Waals surface area contributed by atoms with Gasteiger partial charge in [-0.15, -0.1) is 9.78 Å². The van der Waals surface area contributed by atoms with E-state index in [1.54, 1.807) is 6.07 Å². The number of nitrogens with two attached hydrogens (primary N) is 1. The van der Waals surface area contributed by atoms with E-state index in [0.29, 0.717) is 0 Å². The molecule has 192 valence electrons. The van der Waals surface area contributed by atoms with Crippen molar-refractivity contribution in [3.05, 3.63) is 87.9 Å². The smallest absolute Gasteiger partial charge is 0.350 e. The molecule has 2 aromatic carbocycles. The Morgan fingerprint density at radius 3 is 2.68 bits per heavy atom. The van der Waals surface area contributed by atoms with Gasteiger partial charge in [0, 0.05) is 29.7 Å². The van der Waals surface area contributed by atoms with Gasteiger partial charge in [0.25, 0.3) is 5.95 Å². The highest BCUT2D eigenvalue weighted by atomic mass is 19.1. The number of aromatic amines is 1. The molecule has 0 aliphatic carbocycles. The molecule has 14 heteroatoms. The van der Waals surface area contributed by atoms with Gasteiger partial charge in [0.2, 0.25) is 0 Å². The monoisotopic (exact) mass is 512 g/mol. The van der Waals surface area contributed by atoms with Gasteiger partial charge in [0.1, 0.15) is 30.1 Å². The third-order valence-electron chi connectivity index (χ3n) is 5.16. The fourth-order valence-corrected chi connectivity index (χ4v) is 3.47. The molecule has 2 aromatic heterocycles. The second-order valence-electron chi connectivity index (χ2n) is 7.56. The second kappa shape index (κ2) is 10.8. The molecule has 0 saturated carbocycles. The molecule has 0 radical (unpaired) electrons. The van der Waals surface area contributed by atoms with Crippen molar-refractivity contribution in [2.24, 2.45) is 5.73 Å². The van der Waals surface area contributed by atoms with Gasteiger partial charge in [-0.3, -0.25) is 10.4 Å². The number of aromatic nitrogens is 5. The van der Waals surface area contributed by atoms with Gasteiger partial charge >= 0.3 is 5.69 Å². The van der Waals surface area contributed by atoms with Crippen LogP contribution in [-0.2, 0) is 0 Å². The van der Waals surface area contributed by atoms with Crippen LogP contribution in [0.3, 0.4) is 0 Å². The molecule has 0 spiro atoms. The zero-order valence-electron chi connectivity index (χ0n) is 19.4. The normalized spacial score (nSPS) is 11.7. The summed E-state index contributed by atoms with van der Waals surface area (Å²) >= 11 is 0. The van der Waals surface area contributed by atoms with Crippen LogP contribution in [0.1, 0.15) is 23.0 Å². The van der Waals surface area contributed by atoms with Gasteiger partial charge < -0.3 is 25.6 Å². The Morgan fingerprint density at radius 1 is 1.27 bits per heavy atom. The van der Waals surface area contributed by atoms with Crippen LogP contribution in [-0.4, -0.2) is 56.0 Å². The minimum absolute atomic E-state index is 0.0244. The third-order valence-corrected chi connectivity index (χ3v) is 5.16. The number of hydrogen-bond donors (Lipinski definition) is 5. The fourth-order valence-electron chi connectivity index (χ4n) is 3.47. The second-order valence-corrected chi connectivity index (χ2v) is 7.56. The number of methoxy groups -OCH3 is 1. The zero-order chi connectivity index (χ0) is 26.5. The van der Waals surface area contributed by atoms with E-state index in [1.165, 1.54) is 43.8 Å². The Labute approximate surface area is 208 Å². The largest absolute Gasteiger partial charge is 0.497 e. The molecule has 0 unspecified atom stereocenters.